The summed E-state index contributed by atoms with van der Waals surface area (Å²) >= 11 is 5.94. The van der Waals surface area contributed by atoms with Crippen LogP contribution in [0.25, 0.3) is 16.6 Å². The molecule has 0 bridgehead atoms. The van der Waals surface area contributed by atoms with Crippen LogP contribution in [0.5, 0.6) is 0 Å². The van der Waals surface area contributed by atoms with Crippen molar-refractivity contribution >= 4 is 40.1 Å². The molecule has 0 atom stereocenters. The van der Waals surface area contributed by atoms with Crippen molar-refractivity contribution in [3.63, 3.8) is 0 Å². The van der Waals surface area contributed by atoms with Gasteiger partial charge in [0.1, 0.15) is 29.1 Å². The molecule has 38 heavy (non-hydrogen) atoms. The van der Waals surface area contributed by atoms with Crippen LogP contribution in [0.4, 0.5) is 26.3 Å². The summed E-state index contributed by atoms with van der Waals surface area (Å²) in [6.07, 6.45) is 4.34. The molecule has 3 aromatic heterocycles. The first-order valence-electron chi connectivity index (χ1n) is 10.5. The lowest BCUT2D eigenvalue weighted by molar-refractivity contribution is -0.323. The molecule has 0 aliphatic rings. The summed E-state index contributed by atoms with van der Waals surface area (Å²) in [5.74, 6) is -19.1. The summed E-state index contributed by atoms with van der Waals surface area (Å²) in [6, 6.07) is 5.22. The minimum absolute atomic E-state index is 0.0774. The molecule has 4 aromatic rings. The van der Waals surface area contributed by atoms with Crippen LogP contribution in [-0.4, -0.2) is 62.6 Å². The molecule has 0 unspecified atom stereocenters. The van der Waals surface area contributed by atoms with Crippen molar-refractivity contribution in [3.8, 4) is 0 Å². The van der Waals surface area contributed by atoms with E-state index in [4.69, 9.17) is 21.1 Å². The number of aliphatic hydroxyl groups excluding tert-OH is 1. The van der Waals surface area contributed by atoms with E-state index in [1.807, 2.05) is 0 Å². The molecule has 1 aromatic carbocycles. The van der Waals surface area contributed by atoms with Crippen LogP contribution in [0.2, 0.25) is 5.02 Å². The quantitative estimate of drug-likeness (QED) is 0.232. The first-order chi connectivity index (χ1) is 17.8. The predicted molar refractivity (Wildman–Crippen MR) is 118 cm³/mol. The number of alkyl halides is 6. The van der Waals surface area contributed by atoms with Crippen molar-refractivity contribution in [2.75, 3.05) is 13.2 Å². The molecule has 16 heteroatoms. The molecule has 0 radical (unpaired) electrons. The molecule has 202 valence electrons. The third-order valence-electron chi connectivity index (χ3n) is 5.30. The minimum Gasteiger partial charge on any atom is -0.458 e. The number of aliphatic hydroxyl groups is 1. The second kappa shape index (κ2) is 9.79. The highest BCUT2D eigenvalue weighted by Gasteiger charge is 2.71. The largest absolute Gasteiger partial charge is 0.458 e. The van der Waals surface area contributed by atoms with Gasteiger partial charge < -0.3 is 19.6 Å². The number of hydrogen-bond donors (Lipinski definition) is 2. The summed E-state index contributed by atoms with van der Waals surface area (Å²) < 4.78 is 92.1. The van der Waals surface area contributed by atoms with Gasteiger partial charge in [-0.15, -0.1) is 0 Å². The number of benzene rings is 1. The predicted octanol–water partition coefficient (Wildman–Crippen LogP) is 4.11. The normalized spacial score (nSPS) is 12.7. The van der Waals surface area contributed by atoms with Gasteiger partial charge in [-0.05, 0) is 24.3 Å². The number of fused-ring (bicyclic) bond motifs is 2. The summed E-state index contributed by atoms with van der Waals surface area (Å²) in [4.78, 5) is 29.0. The molecule has 3 heterocycles. The zero-order chi connectivity index (χ0) is 27.9. The highest BCUT2D eigenvalue weighted by molar-refractivity contribution is 6.32. The Labute approximate surface area is 212 Å². The van der Waals surface area contributed by atoms with E-state index in [1.54, 1.807) is 12.3 Å². The van der Waals surface area contributed by atoms with E-state index in [0.717, 1.165) is 6.07 Å². The van der Waals surface area contributed by atoms with Crippen LogP contribution in [0.15, 0.2) is 47.3 Å². The smallest absolute Gasteiger partial charge is 0.377 e. The Kier molecular flexibility index (Phi) is 7.01. The first-order valence-corrected chi connectivity index (χ1v) is 10.8. The van der Waals surface area contributed by atoms with Gasteiger partial charge >= 0.3 is 23.7 Å². The Morgan fingerprint density at radius 2 is 1.84 bits per heavy atom. The lowest BCUT2D eigenvalue weighted by atomic mass is 10.1. The van der Waals surface area contributed by atoms with Gasteiger partial charge in [0.2, 0.25) is 0 Å². The zero-order valence-electron chi connectivity index (χ0n) is 18.7. The van der Waals surface area contributed by atoms with Crippen molar-refractivity contribution in [2.24, 2.45) is 0 Å². The Balaban J connectivity index is 1.51. The fourth-order valence-corrected chi connectivity index (χ4v) is 3.58. The van der Waals surface area contributed by atoms with Crippen LogP contribution in [0.3, 0.4) is 0 Å². The summed E-state index contributed by atoms with van der Waals surface area (Å²) in [7, 11) is 0. The summed E-state index contributed by atoms with van der Waals surface area (Å²) in [5.41, 5.74) is -0.383. The van der Waals surface area contributed by atoms with E-state index >= 15 is 0 Å². The van der Waals surface area contributed by atoms with Gasteiger partial charge in [0.05, 0.1) is 12.7 Å². The third-order valence-corrected chi connectivity index (χ3v) is 5.52. The van der Waals surface area contributed by atoms with Crippen molar-refractivity contribution in [3.05, 3.63) is 64.8 Å². The molecule has 0 saturated heterocycles. The molecule has 0 saturated carbocycles. The molecule has 9 nitrogen and oxygen atoms in total. The Bertz CT molecular complexity index is 1520. The Morgan fingerprint density at radius 1 is 1.11 bits per heavy atom. The average Bonchev–Trinajstić information content (AvgIpc) is 3.49. The van der Waals surface area contributed by atoms with Crippen molar-refractivity contribution in [1.82, 2.24) is 19.9 Å². The average molecular weight is 565 g/mol. The van der Waals surface area contributed by atoms with Gasteiger partial charge in [0, 0.05) is 22.8 Å². The van der Waals surface area contributed by atoms with Crippen molar-refractivity contribution in [2.45, 2.75) is 24.3 Å². The van der Waals surface area contributed by atoms with E-state index in [9.17, 15) is 35.9 Å². The molecular weight excluding hydrogens is 550 g/mol. The molecule has 2 N–H and O–H groups in total. The number of esters is 1. The van der Waals surface area contributed by atoms with Crippen molar-refractivity contribution in [1.29, 1.82) is 0 Å². The number of carbonyl (C=O) groups excluding carboxylic acids is 2. The van der Waals surface area contributed by atoms with E-state index < -0.39 is 48.4 Å². The standard InChI is InChI=1S/C22H15ClF6N4O5/c23-12-4-11-5-13(7-31-18(35)15-8-32-33-3-1-2-30-17(15)33)38-16(11)14(6-12)19(36)37-10-21(26,27)22(28,29)20(24,25)9-34/h1-6,8,34H,7,9-10H2,(H,31,35). The Morgan fingerprint density at radius 3 is 2.55 bits per heavy atom. The number of rotatable bonds is 9. The number of nitrogens with zero attached hydrogens (tertiary/aromatic N) is 3. The fourth-order valence-electron chi connectivity index (χ4n) is 3.35. The van der Waals surface area contributed by atoms with E-state index in [1.165, 1.54) is 29.0 Å². The highest BCUT2D eigenvalue weighted by atomic mass is 35.5. The lowest BCUT2D eigenvalue weighted by Gasteiger charge is -2.31. The molecule has 0 spiro atoms. The maximum absolute atomic E-state index is 13.8. The summed E-state index contributed by atoms with van der Waals surface area (Å²) in [6.45, 7) is -5.21. The van der Waals surface area contributed by atoms with Gasteiger partial charge in [0.15, 0.2) is 12.3 Å². The molecule has 1 amide bonds. The number of halogens is 7. The molecule has 0 fully saturated rings. The second-order valence-corrected chi connectivity index (χ2v) is 8.37. The first kappa shape index (κ1) is 27.2. The molecule has 0 aliphatic heterocycles. The van der Waals surface area contributed by atoms with Gasteiger partial charge in [-0.2, -0.15) is 31.4 Å². The third kappa shape index (κ3) is 4.86. The number of ether oxygens (including phenoxy) is 1. The number of furan rings is 1. The van der Waals surface area contributed by atoms with Gasteiger partial charge in [-0.3, -0.25) is 4.79 Å². The van der Waals surface area contributed by atoms with Gasteiger partial charge in [-0.1, -0.05) is 11.6 Å². The van der Waals surface area contributed by atoms with Crippen LogP contribution in [-0.2, 0) is 11.3 Å². The topological polar surface area (TPSA) is 119 Å². The molecule has 4 rings (SSSR count). The van der Waals surface area contributed by atoms with Crippen LogP contribution in [0.1, 0.15) is 26.5 Å². The minimum atomic E-state index is -6.02. The monoisotopic (exact) mass is 564 g/mol. The van der Waals surface area contributed by atoms with Crippen LogP contribution >= 0.6 is 11.6 Å². The SMILES string of the molecule is O=C(OCC(F)(F)C(F)(F)C(F)(F)CO)c1cc(Cl)cc2cc(CNC(=O)c3cnn4cccnc34)oc12. The van der Waals surface area contributed by atoms with E-state index in [2.05, 4.69) is 20.1 Å². The van der Waals surface area contributed by atoms with E-state index in [-0.39, 0.29) is 39.5 Å². The zero-order valence-corrected chi connectivity index (χ0v) is 19.5. The Hall–Kier alpha value is -3.85. The highest BCUT2D eigenvalue weighted by Crippen LogP contribution is 2.45. The van der Waals surface area contributed by atoms with Gasteiger partial charge in [0.25, 0.3) is 5.91 Å². The fraction of sp³-hybridized carbons (Fsp3) is 0.273. The molecule has 0 aliphatic carbocycles. The number of amides is 1. The van der Waals surface area contributed by atoms with Gasteiger partial charge in [-0.25, -0.2) is 14.3 Å². The number of aromatic nitrogens is 3. The maximum Gasteiger partial charge on any atom is 0.377 e. The maximum atomic E-state index is 13.8. The lowest BCUT2D eigenvalue weighted by Crippen LogP contribution is -2.57. The molecular formula is C22H15ClF6N4O5. The number of hydrogen-bond acceptors (Lipinski definition) is 7. The summed E-state index contributed by atoms with van der Waals surface area (Å²) in [5, 5.41) is 15.0. The van der Waals surface area contributed by atoms with Crippen LogP contribution < -0.4 is 5.32 Å². The number of nitrogens with one attached hydrogen (secondary N) is 1. The van der Waals surface area contributed by atoms with E-state index in [0.29, 0.717) is 0 Å². The number of carbonyl (C=O) groups is 2. The second-order valence-electron chi connectivity index (χ2n) is 7.93. The van der Waals surface area contributed by atoms with Crippen LogP contribution in [0, 0.1) is 0 Å². The van der Waals surface area contributed by atoms with Crippen molar-refractivity contribution < 1.29 is 50.2 Å².